The summed E-state index contributed by atoms with van der Waals surface area (Å²) in [5, 5.41) is 5.82. The Kier molecular flexibility index (Phi) is 14.2. The van der Waals surface area contributed by atoms with Gasteiger partial charge >= 0.3 is 0 Å². The SMILES string of the molecule is C#C[N+]1(CCOCCNC(=O)CCCCCNC(=O)CCCCCN)CCCC1. The first-order valence-corrected chi connectivity index (χ1v) is 11.3. The molecular formula is C22H41N4O3+. The minimum atomic E-state index is 0.0595. The van der Waals surface area contributed by atoms with Gasteiger partial charge in [-0.3, -0.25) is 9.59 Å². The van der Waals surface area contributed by atoms with Crippen molar-refractivity contribution in [1.82, 2.24) is 10.6 Å². The third-order valence-electron chi connectivity index (χ3n) is 5.44. The summed E-state index contributed by atoms with van der Waals surface area (Å²) >= 11 is 0. The quantitative estimate of drug-likeness (QED) is 0.193. The smallest absolute Gasteiger partial charge is 0.220 e. The highest BCUT2D eigenvalue weighted by Crippen LogP contribution is 2.17. The van der Waals surface area contributed by atoms with Gasteiger partial charge in [-0.15, -0.1) is 0 Å². The summed E-state index contributed by atoms with van der Waals surface area (Å²) in [6.45, 7) is 6.03. The van der Waals surface area contributed by atoms with Crippen molar-refractivity contribution in [3.05, 3.63) is 0 Å². The lowest BCUT2D eigenvalue weighted by Crippen LogP contribution is -2.43. The number of carbonyl (C=O) groups excluding carboxylic acids is 2. The Balaban J connectivity index is 1.87. The molecule has 0 spiro atoms. The molecule has 0 aliphatic carbocycles. The number of rotatable bonds is 17. The topological polar surface area (TPSA) is 93.5 Å². The van der Waals surface area contributed by atoms with Crippen LogP contribution < -0.4 is 16.4 Å². The lowest BCUT2D eigenvalue weighted by atomic mass is 10.1. The fourth-order valence-electron chi connectivity index (χ4n) is 3.56. The number of nitrogens with two attached hydrogens (primary N) is 1. The van der Waals surface area contributed by atoms with E-state index in [1.807, 2.05) is 0 Å². The van der Waals surface area contributed by atoms with E-state index in [0.717, 1.165) is 62.6 Å². The first kappa shape index (κ1) is 25.4. The van der Waals surface area contributed by atoms with Crippen LogP contribution in [0.4, 0.5) is 0 Å². The number of nitrogens with one attached hydrogen (secondary N) is 2. The largest absolute Gasteiger partial charge is 0.374 e. The molecule has 1 aliphatic rings. The van der Waals surface area contributed by atoms with Gasteiger partial charge in [-0.2, -0.15) is 0 Å². The second-order valence-electron chi connectivity index (χ2n) is 7.87. The van der Waals surface area contributed by atoms with Crippen molar-refractivity contribution in [2.75, 3.05) is 52.5 Å². The molecule has 166 valence electrons. The minimum Gasteiger partial charge on any atom is -0.374 e. The zero-order valence-corrected chi connectivity index (χ0v) is 18.1. The van der Waals surface area contributed by atoms with Crippen molar-refractivity contribution < 1.29 is 18.8 Å². The molecule has 1 fully saturated rings. The van der Waals surface area contributed by atoms with Gasteiger partial charge in [0.1, 0.15) is 12.6 Å². The van der Waals surface area contributed by atoms with E-state index in [1.54, 1.807) is 0 Å². The minimum absolute atomic E-state index is 0.0595. The van der Waals surface area contributed by atoms with Gasteiger partial charge in [0.15, 0.2) is 0 Å². The van der Waals surface area contributed by atoms with Crippen LogP contribution in [0.3, 0.4) is 0 Å². The fourth-order valence-corrected chi connectivity index (χ4v) is 3.56. The third-order valence-corrected chi connectivity index (χ3v) is 5.44. The average Bonchev–Trinajstić information content (AvgIpc) is 3.20. The van der Waals surface area contributed by atoms with Crippen molar-refractivity contribution in [3.8, 4) is 12.5 Å². The molecule has 7 nitrogen and oxygen atoms in total. The van der Waals surface area contributed by atoms with Crippen LogP contribution in [0.5, 0.6) is 0 Å². The maximum absolute atomic E-state index is 11.8. The number of quaternary nitrogens is 1. The van der Waals surface area contributed by atoms with Crippen LogP contribution in [0.25, 0.3) is 0 Å². The van der Waals surface area contributed by atoms with Crippen molar-refractivity contribution in [3.63, 3.8) is 0 Å². The highest BCUT2D eigenvalue weighted by molar-refractivity contribution is 5.76. The fraction of sp³-hybridized carbons (Fsp3) is 0.818. The number of unbranched alkanes of at least 4 members (excludes halogenated alkanes) is 4. The zero-order chi connectivity index (χ0) is 21.2. The highest BCUT2D eigenvalue weighted by Gasteiger charge is 2.30. The predicted molar refractivity (Wildman–Crippen MR) is 116 cm³/mol. The van der Waals surface area contributed by atoms with Crippen LogP contribution in [-0.2, 0) is 14.3 Å². The normalized spacial score (nSPS) is 15.0. The molecule has 4 N–H and O–H groups in total. The Morgan fingerprint density at radius 2 is 1.52 bits per heavy atom. The van der Waals surface area contributed by atoms with Gasteiger partial charge in [0.2, 0.25) is 11.8 Å². The molecule has 0 radical (unpaired) electrons. The van der Waals surface area contributed by atoms with Crippen molar-refractivity contribution in [1.29, 1.82) is 0 Å². The standard InChI is InChI=1S/C22H40N4O3/c1-2-26(16-9-10-17-26)18-20-29-19-15-25-22(28)12-6-4-8-14-24-21(27)11-5-3-7-13-23/h1H,3-20,23H2,(H-,24,25,27,28)/p+1. The van der Waals surface area contributed by atoms with Crippen molar-refractivity contribution in [2.45, 2.75) is 64.2 Å². The van der Waals surface area contributed by atoms with Gasteiger partial charge in [0.05, 0.1) is 26.3 Å². The van der Waals surface area contributed by atoms with Gasteiger partial charge in [0, 0.05) is 38.8 Å². The zero-order valence-electron chi connectivity index (χ0n) is 18.1. The van der Waals surface area contributed by atoms with Crippen molar-refractivity contribution >= 4 is 11.8 Å². The van der Waals surface area contributed by atoms with Gasteiger partial charge in [-0.25, -0.2) is 4.48 Å². The van der Waals surface area contributed by atoms with E-state index >= 15 is 0 Å². The van der Waals surface area contributed by atoms with Crippen LogP contribution in [0.15, 0.2) is 0 Å². The monoisotopic (exact) mass is 409 g/mol. The first-order chi connectivity index (χ1) is 14.1. The van der Waals surface area contributed by atoms with E-state index < -0.39 is 0 Å². The molecule has 0 unspecified atom stereocenters. The van der Waals surface area contributed by atoms with Gasteiger partial charge in [-0.1, -0.05) is 19.3 Å². The Morgan fingerprint density at radius 3 is 2.14 bits per heavy atom. The van der Waals surface area contributed by atoms with E-state index in [1.165, 1.54) is 12.8 Å². The summed E-state index contributed by atoms with van der Waals surface area (Å²) < 4.78 is 6.35. The molecular weight excluding hydrogens is 368 g/mol. The summed E-state index contributed by atoms with van der Waals surface area (Å²) in [5.74, 6) is 0.170. The number of likely N-dealkylation sites (tertiary alicyclic amines) is 1. The van der Waals surface area contributed by atoms with Crippen LogP contribution in [0.2, 0.25) is 0 Å². The lowest BCUT2D eigenvalue weighted by molar-refractivity contribution is -0.851. The molecule has 2 amide bonds. The molecule has 29 heavy (non-hydrogen) atoms. The van der Waals surface area contributed by atoms with Gasteiger partial charge < -0.3 is 21.1 Å². The third kappa shape index (κ3) is 12.5. The van der Waals surface area contributed by atoms with Crippen molar-refractivity contribution in [2.24, 2.45) is 5.73 Å². The molecule has 0 aromatic rings. The number of ether oxygens (including phenoxy) is 1. The first-order valence-electron chi connectivity index (χ1n) is 11.3. The summed E-state index contributed by atoms with van der Waals surface area (Å²) in [5.41, 5.74) is 5.43. The van der Waals surface area contributed by atoms with E-state index in [9.17, 15) is 9.59 Å². The van der Waals surface area contributed by atoms with Crippen LogP contribution in [0.1, 0.15) is 64.2 Å². The Morgan fingerprint density at radius 1 is 0.897 bits per heavy atom. The second-order valence-corrected chi connectivity index (χ2v) is 7.87. The van der Waals surface area contributed by atoms with Gasteiger partial charge in [0.25, 0.3) is 0 Å². The Labute approximate surface area is 176 Å². The summed E-state index contributed by atoms with van der Waals surface area (Å²) in [4.78, 5) is 23.4. The van der Waals surface area contributed by atoms with Crippen LogP contribution >= 0.6 is 0 Å². The summed E-state index contributed by atoms with van der Waals surface area (Å²) in [6, 6.07) is 2.90. The van der Waals surface area contributed by atoms with Crippen LogP contribution in [-0.4, -0.2) is 68.8 Å². The van der Waals surface area contributed by atoms with E-state index in [2.05, 4.69) is 16.7 Å². The molecule has 0 atom stereocenters. The number of nitrogens with zero attached hydrogens (tertiary/aromatic N) is 1. The number of amides is 2. The Bertz CT molecular complexity index is 499. The molecule has 1 aliphatic heterocycles. The molecule has 7 heteroatoms. The van der Waals surface area contributed by atoms with Gasteiger partial charge in [-0.05, 0) is 32.2 Å². The molecule has 0 saturated carbocycles. The predicted octanol–water partition coefficient (Wildman–Crippen LogP) is 1.52. The van der Waals surface area contributed by atoms with Crippen LogP contribution in [0, 0.1) is 12.5 Å². The second kappa shape index (κ2) is 16.2. The Hall–Kier alpha value is -1.62. The van der Waals surface area contributed by atoms with E-state index in [-0.39, 0.29) is 11.8 Å². The van der Waals surface area contributed by atoms with E-state index in [0.29, 0.717) is 45.7 Å². The number of carbonyl (C=O) groups is 2. The maximum atomic E-state index is 11.8. The highest BCUT2D eigenvalue weighted by atomic mass is 16.5. The molecule has 0 bridgehead atoms. The summed E-state index contributed by atoms with van der Waals surface area (Å²) in [6.07, 6.45) is 14.7. The van der Waals surface area contributed by atoms with E-state index in [4.69, 9.17) is 16.9 Å². The molecule has 0 aromatic carbocycles. The maximum Gasteiger partial charge on any atom is 0.220 e. The number of hydrogen-bond donors (Lipinski definition) is 3. The summed E-state index contributed by atoms with van der Waals surface area (Å²) in [7, 11) is 0. The number of terminal acetylenes is 1. The molecule has 1 saturated heterocycles. The lowest BCUT2D eigenvalue weighted by Gasteiger charge is -2.25. The molecule has 0 aromatic heterocycles. The average molecular weight is 410 g/mol. The molecule has 1 rings (SSSR count). The number of hydrogen-bond acceptors (Lipinski definition) is 4. The molecule has 1 heterocycles.